The molecule has 0 spiro atoms. The fourth-order valence-corrected chi connectivity index (χ4v) is 2.56. The van der Waals surface area contributed by atoms with E-state index in [1.165, 1.54) is 29.3 Å². The summed E-state index contributed by atoms with van der Waals surface area (Å²) in [5, 5.41) is 8.28. The highest BCUT2D eigenvalue weighted by molar-refractivity contribution is 5.85. The molecule has 0 aliphatic rings. The number of nitrogens with two attached hydrogens (primary N) is 2. The first-order valence-electron chi connectivity index (χ1n) is 7.83. The summed E-state index contributed by atoms with van der Waals surface area (Å²) in [7, 11) is 0. The Hall–Kier alpha value is -3.53. The van der Waals surface area contributed by atoms with E-state index in [4.69, 9.17) is 16.0 Å². The Kier molecular flexibility index (Phi) is 5.23. The molecule has 4 rings (SSSR count). The number of nitrogens with zero attached hydrogens (tertiary/aromatic N) is 5. The van der Waals surface area contributed by atoms with Gasteiger partial charge in [-0.05, 0) is 12.1 Å². The monoisotopic (exact) mass is 405 g/mol. The van der Waals surface area contributed by atoms with Crippen LogP contribution in [0.2, 0.25) is 0 Å². The maximum Gasteiger partial charge on any atom is 0.182 e. The third kappa shape index (κ3) is 3.49. The van der Waals surface area contributed by atoms with Crippen molar-refractivity contribution >= 4 is 23.9 Å². The summed E-state index contributed by atoms with van der Waals surface area (Å²) >= 11 is 0. The Labute approximate surface area is 163 Å². The molecule has 0 fully saturated rings. The SMILES string of the molecule is Cl.Nc1cnc(-c2cc(-c3ccon3)n(Cc3cccc(F)c3F)n2)nc1N. The summed E-state index contributed by atoms with van der Waals surface area (Å²) in [5.74, 6) is -1.51. The zero-order valence-corrected chi connectivity index (χ0v) is 15.0. The highest BCUT2D eigenvalue weighted by atomic mass is 35.5. The Morgan fingerprint density at radius 1 is 1.11 bits per heavy atom. The predicted molar refractivity (Wildman–Crippen MR) is 100 cm³/mol. The van der Waals surface area contributed by atoms with Crippen LogP contribution in [0.4, 0.5) is 20.3 Å². The largest absolute Gasteiger partial charge is 0.394 e. The number of aromatic nitrogens is 5. The lowest BCUT2D eigenvalue weighted by Gasteiger charge is -2.07. The molecule has 144 valence electrons. The zero-order chi connectivity index (χ0) is 19.0. The predicted octanol–water partition coefficient (Wildman–Crippen LogP) is 2.91. The van der Waals surface area contributed by atoms with Crippen molar-refractivity contribution in [2.24, 2.45) is 0 Å². The van der Waals surface area contributed by atoms with Gasteiger partial charge in [-0.25, -0.2) is 18.7 Å². The Morgan fingerprint density at radius 2 is 1.93 bits per heavy atom. The number of anilines is 2. The van der Waals surface area contributed by atoms with Crippen molar-refractivity contribution in [1.82, 2.24) is 24.9 Å². The number of hydrogen-bond acceptors (Lipinski definition) is 7. The minimum Gasteiger partial charge on any atom is -0.394 e. The lowest BCUT2D eigenvalue weighted by Crippen LogP contribution is -2.07. The van der Waals surface area contributed by atoms with E-state index >= 15 is 0 Å². The molecule has 11 heteroatoms. The van der Waals surface area contributed by atoms with Gasteiger partial charge < -0.3 is 16.0 Å². The highest BCUT2D eigenvalue weighted by Crippen LogP contribution is 2.26. The topological polar surface area (TPSA) is 122 Å². The second kappa shape index (κ2) is 7.61. The number of benzene rings is 1. The third-order valence-electron chi connectivity index (χ3n) is 3.91. The third-order valence-corrected chi connectivity index (χ3v) is 3.91. The normalized spacial score (nSPS) is 10.6. The number of nitrogen functional groups attached to an aromatic ring is 2. The van der Waals surface area contributed by atoms with Crippen LogP contribution in [0.1, 0.15) is 5.56 Å². The average molecular weight is 406 g/mol. The molecule has 0 saturated heterocycles. The summed E-state index contributed by atoms with van der Waals surface area (Å²) in [5.41, 5.74) is 13.1. The molecule has 0 unspecified atom stereocenters. The van der Waals surface area contributed by atoms with Gasteiger partial charge in [-0.1, -0.05) is 17.3 Å². The smallest absolute Gasteiger partial charge is 0.182 e. The summed E-state index contributed by atoms with van der Waals surface area (Å²) in [6, 6.07) is 7.23. The van der Waals surface area contributed by atoms with E-state index in [0.717, 1.165) is 6.07 Å². The lowest BCUT2D eigenvalue weighted by molar-refractivity contribution is 0.421. The van der Waals surface area contributed by atoms with Crippen LogP contribution >= 0.6 is 12.4 Å². The Balaban J connectivity index is 0.00000225. The molecule has 0 aliphatic heterocycles. The molecular weight excluding hydrogens is 392 g/mol. The number of halogens is 3. The summed E-state index contributed by atoms with van der Waals surface area (Å²) < 4.78 is 33.9. The highest BCUT2D eigenvalue weighted by Gasteiger charge is 2.18. The van der Waals surface area contributed by atoms with Gasteiger partial charge >= 0.3 is 0 Å². The van der Waals surface area contributed by atoms with Gasteiger partial charge in [-0.3, -0.25) is 4.68 Å². The van der Waals surface area contributed by atoms with E-state index in [2.05, 4.69) is 20.2 Å². The first kappa shape index (κ1) is 19.2. The van der Waals surface area contributed by atoms with E-state index in [1.807, 2.05) is 0 Å². The van der Waals surface area contributed by atoms with Crippen molar-refractivity contribution < 1.29 is 13.3 Å². The zero-order valence-electron chi connectivity index (χ0n) is 14.2. The summed E-state index contributed by atoms with van der Waals surface area (Å²) in [6.45, 7) is -0.0315. The van der Waals surface area contributed by atoms with E-state index in [9.17, 15) is 8.78 Å². The molecule has 0 radical (unpaired) electrons. The van der Waals surface area contributed by atoms with Crippen molar-refractivity contribution in [3.05, 3.63) is 60.0 Å². The summed E-state index contributed by atoms with van der Waals surface area (Å²) in [4.78, 5) is 8.22. The van der Waals surface area contributed by atoms with Crippen molar-refractivity contribution in [2.45, 2.75) is 6.54 Å². The molecule has 0 atom stereocenters. The van der Waals surface area contributed by atoms with Crippen LogP contribution in [0, 0.1) is 11.6 Å². The van der Waals surface area contributed by atoms with Gasteiger partial charge in [0, 0.05) is 11.6 Å². The minimum atomic E-state index is -0.936. The molecule has 8 nitrogen and oxygen atoms in total. The Morgan fingerprint density at radius 3 is 2.64 bits per heavy atom. The molecule has 4 N–H and O–H groups in total. The Bertz CT molecular complexity index is 1110. The van der Waals surface area contributed by atoms with E-state index in [1.54, 1.807) is 12.1 Å². The van der Waals surface area contributed by atoms with Gasteiger partial charge in [-0.2, -0.15) is 5.10 Å². The van der Waals surface area contributed by atoms with E-state index in [-0.39, 0.29) is 41.8 Å². The molecule has 0 amide bonds. The molecule has 3 aromatic heterocycles. The maximum atomic E-state index is 14.1. The van der Waals surface area contributed by atoms with Crippen LogP contribution in [0.25, 0.3) is 22.9 Å². The lowest BCUT2D eigenvalue weighted by atomic mass is 10.2. The van der Waals surface area contributed by atoms with Crippen LogP contribution in [0.5, 0.6) is 0 Å². The van der Waals surface area contributed by atoms with Crippen molar-refractivity contribution in [3.63, 3.8) is 0 Å². The van der Waals surface area contributed by atoms with Crippen molar-refractivity contribution in [1.29, 1.82) is 0 Å². The maximum absolute atomic E-state index is 14.1. The van der Waals surface area contributed by atoms with Gasteiger partial charge in [0.15, 0.2) is 23.3 Å². The standard InChI is InChI=1S/C17H13F2N7O.ClH/c18-10-3-1-2-9(15(10)19)8-26-14(12-4-5-27-25-12)6-13(24-26)17-22-7-11(20)16(21)23-17;/h1-7H,8,20H2,(H2,21,22,23);1H. The fourth-order valence-electron chi connectivity index (χ4n) is 2.56. The molecular formula is C17H14ClF2N7O. The molecule has 0 bridgehead atoms. The van der Waals surface area contributed by atoms with Crippen molar-refractivity contribution in [3.8, 4) is 22.9 Å². The quantitative estimate of drug-likeness (QED) is 0.535. The van der Waals surface area contributed by atoms with Crippen LogP contribution in [-0.4, -0.2) is 24.9 Å². The molecule has 28 heavy (non-hydrogen) atoms. The van der Waals surface area contributed by atoms with Crippen LogP contribution in [0.3, 0.4) is 0 Å². The number of rotatable bonds is 4. The average Bonchev–Trinajstić information content (AvgIpc) is 3.31. The second-order valence-electron chi connectivity index (χ2n) is 5.70. The molecule has 0 saturated carbocycles. The van der Waals surface area contributed by atoms with Crippen LogP contribution < -0.4 is 11.5 Å². The second-order valence-corrected chi connectivity index (χ2v) is 5.70. The first-order valence-corrected chi connectivity index (χ1v) is 7.83. The molecule has 1 aromatic carbocycles. The molecule has 4 aromatic rings. The van der Waals surface area contributed by atoms with Crippen LogP contribution in [-0.2, 0) is 6.54 Å². The van der Waals surface area contributed by atoms with Gasteiger partial charge in [-0.15, -0.1) is 12.4 Å². The van der Waals surface area contributed by atoms with Crippen LogP contribution in [0.15, 0.2) is 47.3 Å². The number of hydrogen-bond donors (Lipinski definition) is 2. The van der Waals surface area contributed by atoms with Crippen molar-refractivity contribution in [2.75, 3.05) is 11.5 Å². The van der Waals surface area contributed by atoms with Gasteiger partial charge in [0.1, 0.15) is 17.7 Å². The van der Waals surface area contributed by atoms with Gasteiger partial charge in [0.25, 0.3) is 0 Å². The molecule has 0 aliphatic carbocycles. The van der Waals surface area contributed by atoms with Gasteiger partial charge in [0.2, 0.25) is 0 Å². The van der Waals surface area contributed by atoms with Gasteiger partial charge in [0.05, 0.1) is 24.1 Å². The van der Waals surface area contributed by atoms with E-state index < -0.39 is 11.6 Å². The van der Waals surface area contributed by atoms with E-state index in [0.29, 0.717) is 17.1 Å². The molecule has 3 heterocycles. The fraction of sp³-hybridized carbons (Fsp3) is 0.0588. The first-order chi connectivity index (χ1) is 13.0. The minimum absolute atomic E-state index is 0. The summed E-state index contributed by atoms with van der Waals surface area (Å²) in [6.07, 6.45) is 2.77.